The molecule has 0 aromatic heterocycles. The number of rotatable bonds is 8. The Balaban J connectivity index is 1.24. The van der Waals surface area contributed by atoms with Gasteiger partial charge in [-0.3, -0.25) is 4.79 Å². The summed E-state index contributed by atoms with van der Waals surface area (Å²) in [7, 11) is 0. The number of nitrogens with one attached hydrogen (secondary N) is 2. The highest BCUT2D eigenvalue weighted by Crippen LogP contribution is 2.34. The molecule has 0 radical (unpaired) electrons. The van der Waals surface area contributed by atoms with Crippen molar-refractivity contribution in [2.45, 2.75) is 6.61 Å². The third kappa shape index (κ3) is 6.02. The number of carbonyl (C=O) groups excluding carboxylic acids is 1. The molecule has 9 heteroatoms. The predicted octanol–water partition coefficient (Wildman–Crippen LogP) is 5.08. The average Bonchev–Trinajstić information content (AvgIpc) is 3.26. The number of ether oxygens (including phenoxy) is 3. The standard InChI is InChI=1S/C23H19Br2N3O4/c24-17-4-1-15(2-5-17)13-30-20-7-3-16(9-19(20)25)11-27-28-23(29)12-26-18-6-8-21-22(10-18)32-14-31-21/h1-11,26H,12-14H2,(H,28,29)/b27-11-. The number of benzene rings is 3. The minimum atomic E-state index is -0.271. The Kier molecular flexibility index (Phi) is 7.28. The highest BCUT2D eigenvalue weighted by atomic mass is 79.9. The van der Waals surface area contributed by atoms with E-state index >= 15 is 0 Å². The van der Waals surface area contributed by atoms with Gasteiger partial charge in [0.15, 0.2) is 11.5 Å². The number of anilines is 1. The number of carbonyl (C=O) groups is 1. The van der Waals surface area contributed by atoms with Crippen molar-refractivity contribution in [3.05, 3.63) is 80.7 Å². The SMILES string of the molecule is O=C(CNc1ccc2c(c1)OCO2)N/N=C\c1ccc(OCc2ccc(Br)cc2)c(Br)c1. The van der Waals surface area contributed by atoms with E-state index in [0.717, 1.165) is 31.5 Å². The zero-order valence-corrected chi connectivity index (χ0v) is 20.0. The van der Waals surface area contributed by atoms with E-state index < -0.39 is 0 Å². The number of amides is 1. The maximum Gasteiger partial charge on any atom is 0.259 e. The summed E-state index contributed by atoms with van der Waals surface area (Å²) >= 11 is 6.93. The second-order valence-electron chi connectivity index (χ2n) is 6.82. The summed E-state index contributed by atoms with van der Waals surface area (Å²) in [6, 6.07) is 19.0. The van der Waals surface area contributed by atoms with Crippen LogP contribution < -0.4 is 25.0 Å². The van der Waals surface area contributed by atoms with Gasteiger partial charge in [-0.05, 0) is 69.5 Å². The summed E-state index contributed by atoms with van der Waals surface area (Å²) in [5.74, 6) is 1.80. The fraction of sp³-hybridized carbons (Fsp3) is 0.130. The van der Waals surface area contributed by atoms with Gasteiger partial charge in [-0.1, -0.05) is 28.1 Å². The summed E-state index contributed by atoms with van der Waals surface area (Å²) in [6.07, 6.45) is 1.57. The summed E-state index contributed by atoms with van der Waals surface area (Å²) < 4.78 is 18.3. The first-order valence-electron chi connectivity index (χ1n) is 9.69. The third-order valence-corrected chi connectivity index (χ3v) is 5.64. The monoisotopic (exact) mass is 559 g/mol. The van der Waals surface area contributed by atoms with Gasteiger partial charge in [-0.25, -0.2) is 5.43 Å². The van der Waals surface area contributed by atoms with Crippen molar-refractivity contribution in [1.82, 2.24) is 5.43 Å². The van der Waals surface area contributed by atoms with Crippen molar-refractivity contribution in [2.24, 2.45) is 5.10 Å². The summed E-state index contributed by atoms with van der Waals surface area (Å²) in [5.41, 5.74) is 5.15. The van der Waals surface area contributed by atoms with Gasteiger partial charge < -0.3 is 19.5 Å². The van der Waals surface area contributed by atoms with E-state index in [0.29, 0.717) is 18.1 Å². The smallest absolute Gasteiger partial charge is 0.259 e. The first-order chi connectivity index (χ1) is 15.6. The highest BCUT2D eigenvalue weighted by molar-refractivity contribution is 9.10. The van der Waals surface area contributed by atoms with Gasteiger partial charge in [0.25, 0.3) is 5.91 Å². The summed E-state index contributed by atoms with van der Waals surface area (Å²) in [6.45, 7) is 0.748. The van der Waals surface area contributed by atoms with Gasteiger partial charge >= 0.3 is 0 Å². The van der Waals surface area contributed by atoms with Gasteiger partial charge in [-0.2, -0.15) is 5.10 Å². The zero-order chi connectivity index (χ0) is 22.3. The maximum absolute atomic E-state index is 12.0. The Bertz CT molecular complexity index is 1140. The molecule has 32 heavy (non-hydrogen) atoms. The van der Waals surface area contributed by atoms with Gasteiger partial charge in [0.1, 0.15) is 12.4 Å². The molecule has 3 aromatic carbocycles. The molecule has 2 N–H and O–H groups in total. The van der Waals surface area contributed by atoms with E-state index in [-0.39, 0.29) is 19.2 Å². The van der Waals surface area contributed by atoms with E-state index in [1.807, 2.05) is 48.5 Å². The number of fused-ring (bicyclic) bond motifs is 1. The van der Waals surface area contributed by atoms with Crippen LogP contribution in [-0.2, 0) is 11.4 Å². The van der Waals surface area contributed by atoms with Crippen LogP contribution in [0.5, 0.6) is 17.2 Å². The quantitative estimate of drug-likeness (QED) is 0.296. The molecule has 4 rings (SSSR count). The first kappa shape index (κ1) is 22.2. The molecule has 0 atom stereocenters. The molecular formula is C23H19Br2N3O4. The maximum atomic E-state index is 12.0. The highest BCUT2D eigenvalue weighted by Gasteiger charge is 2.13. The molecule has 3 aromatic rings. The lowest BCUT2D eigenvalue weighted by Crippen LogP contribution is -2.25. The molecule has 0 fully saturated rings. The van der Waals surface area contributed by atoms with E-state index in [1.54, 1.807) is 18.3 Å². The van der Waals surface area contributed by atoms with Gasteiger partial charge in [0, 0.05) is 16.2 Å². The van der Waals surface area contributed by atoms with E-state index in [4.69, 9.17) is 14.2 Å². The van der Waals surface area contributed by atoms with Crippen molar-refractivity contribution < 1.29 is 19.0 Å². The molecule has 1 aliphatic heterocycles. The fourth-order valence-electron chi connectivity index (χ4n) is 2.86. The molecule has 0 saturated carbocycles. The van der Waals surface area contributed by atoms with E-state index in [9.17, 15) is 4.79 Å². The lowest BCUT2D eigenvalue weighted by atomic mass is 10.2. The number of hydrogen-bond acceptors (Lipinski definition) is 6. The van der Waals surface area contributed by atoms with Crippen LogP contribution in [0.3, 0.4) is 0 Å². The molecule has 0 aliphatic carbocycles. The molecule has 1 amide bonds. The van der Waals surface area contributed by atoms with Crippen LogP contribution >= 0.6 is 31.9 Å². The Labute approximate surface area is 202 Å². The van der Waals surface area contributed by atoms with Crippen molar-refractivity contribution >= 4 is 49.7 Å². The minimum absolute atomic E-state index is 0.0729. The molecule has 164 valence electrons. The van der Waals surface area contributed by atoms with Crippen molar-refractivity contribution in [2.75, 3.05) is 18.7 Å². The van der Waals surface area contributed by atoms with Crippen molar-refractivity contribution in [3.63, 3.8) is 0 Å². The fourth-order valence-corrected chi connectivity index (χ4v) is 3.64. The minimum Gasteiger partial charge on any atom is -0.488 e. The molecule has 0 bridgehead atoms. The number of hydrazone groups is 1. The van der Waals surface area contributed by atoms with Gasteiger partial charge in [-0.15, -0.1) is 0 Å². The van der Waals surface area contributed by atoms with Crippen LogP contribution in [-0.4, -0.2) is 25.5 Å². The van der Waals surface area contributed by atoms with Crippen LogP contribution in [0, 0.1) is 0 Å². The largest absolute Gasteiger partial charge is 0.488 e. The molecular weight excluding hydrogens is 542 g/mol. The molecule has 0 saturated heterocycles. The lowest BCUT2D eigenvalue weighted by Gasteiger charge is -2.09. The number of hydrogen-bond donors (Lipinski definition) is 2. The van der Waals surface area contributed by atoms with Crippen LogP contribution in [0.4, 0.5) is 5.69 Å². The molecule has 7 nitrogen and oxygen atoms in total. The predicted molar refractivity (Wildman–Crippen MR) is 129 cm³/mol. The number of halogens is 2. The first-order valence-corrected chi connectivity index (χ1v) is 11.3. The Morgan fingerprint density at radius 1 is 1.03 bits per heavy atom. The molecule has 0 unspecified atom stereocenters. The lowest BCUT2D eigenvalue weighted by molar-refractivity contribution is -0.119. The van der Waals surface area contributed by atoms with Crippen LogP contribution in [0.15, 0.2) is 74.7 Å². The molecule has 0 spiro atoms. The normalized spacial score (nSPS) is 12.1. The Morgan fingerprint density at radius 3 is 2.66 bits per heavy atom. The van der Waals surface area contributed by atoms with Crippen LogP contribution in [0.1, 0.15) is 11.1 Å². The van der Waals surface area contributed by atoms with Gasteiger partial charge in [0.2, 0.25) is 6.79 Å². The number of nitrogens with zero attached hydrogens (tertiary/aromatic N) is 1. The van der Waals surface area contributed by atoms with Gasteiger partial charge in [0.05, 0.1) is 17.2 Å². The average molecular weight is 561 g/mol. The van der Waals surface area contributed by atoms with Crippen LogP contribution in [0.25, 0.3) is 0 Å². The molecule has 1 aliphatic rings. The topological polar surface area (TPSA) is 81.2 Å². The molecule has 1 heterocycles. The Hall–Kier alpha value is -3.04. The second-order valence-corrected chi connectivity index (χ2v) is 8.59. The van der Waals surface area contributed by atoms with E-state index in [2.05, 4.69) is 47.7 Å². The summed E-state index contributed by atoms with van der Waals surface area (Å²) in [4.78, 5) is 12.0. The Morgan fingerprint density at radius 2 is 1.84 bits per heavy atom. The van der Waals surface area contributed by atoms with Crippen molar-refractivity contribution in [1.29, 1.82) is 0 Å². The zero-order valence-electron chi connectivity index (χ0n) is 16.8. The second kappa shape index (κ2) is 10.5. The van der Waals surface area contributed by atoms with Crippen LogP contribution in [0.2, 0.25) is 0 Å². The van der Waals surface area contributed by atoms with E-state index in [1.165, 1.54) is 0 Å². The third-order valence-electron chi connectivity index (χ3n) is 4.49. The van der Waals surface area contributed by atoms with Crippen molar-refractivity contribution in [3.8, 4) is 17.2 Å². The summed E-state index contributed by atoms with van der Waals surface area (Å²) in [5, 5.41) is 7.03.